The minimum Gasteiger partial charge on any atom is -0.497 e. The number of ether oxygens (including phenoxy) is 2. The van der Waals surface area contributed by atoms with Crippen LogP contribution < -0.4 is 9.47 Å². The molecule has 5 aromatic rings. The second-order valence-corrected chi connectivity index (χ2v) is 16.5. The van der Waals surface area contributed by atoms with Crippen LogP contribution in [0.4, 0.5) is 0 Å². The van der Waals surface area contributed by atoms with E-state index in [1.165, 1.54) is 39.7 Å². The summed E-state index contributed by atoms with van der Waals surface area (Å²) in [6.07, 6.45) is 0. The van der Waals surface area contributed by atoms with E-state index >= 15 is 0 Å². The first-order chi connectivity index (χ1) is 24.3. The Kier molecular flexibility index (Phi) is 18.9. The Hall–Kier alpha value is -3.42. The average Bonchev–Trinajstić information content (AvgIpc) is 3.12. The largest absolute Gasteiger partial charge is 2.00 e. The molecule has 0 N–H and O–H groups in total. The van der Waals surface area contributed by atoms with E-state index in [0.29, 0.717) is 0 Å². The van der Waals surface area contributed by atoms with Crippen molar-refractivity contribution in [1.29, 1.82) is 0 Å². The first kappa shape index (κ1) is 48.6. The minimum absolute atomic E-state index is 0. The van der Waals surface area contributed by atoms with Crippen molar-refractivity contribution in [1.82, 2.24) is 0 Å². The summed E-state index contributed by atoms with van der Waals surface area (Å²) in [5, 5.41) is 0. The van der Waals surface area contributed by atoms with E-state index in [0.717, 1.165) is 17.1 Å². The van der Waals surface area contributed by atoms with Gasteiger partial charge < -0.3 is 15.4 Å². The third-order valence-corrected chi connectivity index (χ3v) is 10.2. The van der Waals surface area contributed by atoms with Crippen LogP contribution in [-0.4, -0.2) is 7.11 Å². The van der Waals surface area contributed by atoms with Crippen molar-refractivity contribution in [3.05, 3.63) is 179 Å². The number of benzene rings is 5. The smallest absolute Gasteiger partial charge is 0.497 e. The third kappa shape index (κ3) is 13.7. The van der Waals surface area contributed by atoms with Gasteiger partial charge in [-0.3, -0.25) is 0 Å². The van der Waals surface area contributed by atoms with Gasteiger partial charge in [0.1, 0.15) is 17.1 Å². The molecule has 5 rings (SSSR count). The Balaban J connectivity index is 0.000000422. The van der Waals surface area contributed by atoms with E-state index in [9.17, 15) is 0 Å². The van der Waals surface area contributed by atoms with Gasteiger partial charge in [0.2, 0.25) is 0 Å². The van der Waals surface area contributed by atoms with Crippen molar-refractivity contribution in [2.24, 2.45) is 0 Å². The molecule has 0 unspecified atom stereocenters. The van der Waals surface area contributed by atoms with Crippen molar-refractivity contribution >= 4 is 0 Å². The van der Waals surface area contributed by atoms with Crippen LogP contribution in [0, 0.1) is 24.0 Å². The first-order valence-corrected chi connectivity index (χ1v) is 18.4. The summed E-state index contributed by atoms with van der Waals surface area (Å²) >= 11 is 0. The van der Waals surface area contributed by atoms with Crippen molar-refractivity contribution in [2.45, 2.75) is 112 Å². The van der Waals surface area contributed by atoms with Crippen LogP contribution in [-0.2, 0) is 55.4 Å². The summed E-state index contributed by atoms with van der Waals surface area (Å²) in [7, 11) is 1.70. The maximum atomic E-state index is 6.20. The predicted octanol–water partition coefficient (Wildman–Crippen LogP) is 13.5. The zero-order valence-corrected chi connectivity index (χ0v) is 37.1. The van der Waals surface area contributed by atoms with Gasteiger partial charge in [0, 0.05) is 5.41 Å². The number of hydrogen-bond acceptors (Lipinski definition) is 2. The molecule has 0 bridgehead atoms. The summed E-state index contributed by atoms with van der Waals surface area (Å²) < 4.78 is 11.4. The van der Waals surface area contributed by atoms with Crippen LogP contribution in [0.1, 0.15) is 123 Å². The fraction of sp³-hybridized carbons (Fsp3) is 0.360. The van der Waals surface area contributed by atoms with Crippen molar-refractivity contribution < 1.29 is 43.0 Å². The first-order valence-electron chi connectivity index (χ1n) is 18.4. The summed E-state index contributed by atoms with van der Waals surface area (Å²) in [6.45, 7) is 28.5. The maximum absolute atomic E-state index is 6.20. The van der Waals surface area contributed by atoms with Gasteiger partial charge in [-0.1, -0.05) is 97.7 Å². The Morgan fingerprint density at radius 3 is 1.22 bits per heavy atom. The fourth-order valence-corrected chi connectivity index (χ4v) is 5.65. The molecule has 0 aromatic heterocycles. The Bertz CT molecular complexity index is 1750. The van der Waals surface area contributed by atoms with Crippen molar-refractivity contribution in [2.75, 3.05) is 7.11 Å². The third-order valence-electron chi connectivity index (χ3n) is 10.2. The van der Waals surface area contributed by atoms with Gasteiger partial charge in [-0.25, -0.2) is 0 Å². The van der Waals surface area contributed by atoms with E-state index < -0.39 is 0 Å². The molecule has 2 radical (unpaired) electrons. The molecule has 0 atom stereocenters. The molecular formula is C50H62Co2O2. The van der Waals surface area contributed by atoms with Gasteiger partial charge >= 0.3 is 33.6 Å². The van der Waals surface area contributed by atoms with E-state index in [4.69, 9.17) is 9.47 Å². The molecule has 2 nitrogen and oxygen atoms in total. The fourth-order valence-electron chi connectivity index (χ4n) is 5.65. The zero-order valence-electron chi connectivity index (χ0n) is 35.0. The van der Waals surface area contributed by atoms with Gasteiger partial charge in [-0.05, 0) is 49.1 Å². The van der Waals surface area contributed by atoms with E-state index in [1.807, 2.05) is 48.5 Å². The Labute approximate surface area is 350 Å². The maximum Gasteiger partial charge on any atom is 2.00 e. The Morgan fingerprint density at radius 2 is 0.852 bits per heavy atom. The van der Waals surface area contributed by atoms with Crippen LogP contribution in [0.2, 0.25) is 0 Å². The van der Waals surface area contributed by atoms with E-state index in [-0.39, 0.29) is 55.4 Å². The number of methoxy groups -OCH3 is 1. The van der Waals surface area contributed by atoms with Crippen LogP contribution in [0.25, 0.3) is 0 Å². The standard InChI is InChI=1S/C21H26O.C19H23O.C10H13.2Co/c1-16(2)20(3,4)17-12-14-19(15-13-17)22-21(5,6)18-10-8-7-9-11-18;1-14(2)15-6-8-16(9-7-15)19(3,4)17-10-12-18(20-5)13-11-17;1-10(2,3)9-7-5-4-6-8-9;;/h8-15H,1-6H3;6-13H,1-5H3;5-8H,1-3H3;;/q-2;2*-1;2*+2. The van der Waals surface area contributed by atoms with Gasteiger partial charge in [0.05, 0.1) is 7.11 Å². The molecule has 0 saturated carbocycles. The molecule has 0 fully saturated rings. The van der Waals surface area contributed by atoms with Crippen LogP contribution >= 0.6 is 0 Å². The van der Waals surface area contributed by atoms with E-state index in [1.54, 1.807) is 7.11 Å². The predicted molar refractivity (Wildman–Crippen MR) is 222 cm³/mol. The quantitative estimate of drug-likeness (QED) is 0.138. The van der Waals surface area contributed by atoms with Gasteiger partial charge in [0.15, 0.2) is 0 Å². The molecule has 0 aliphatic heterocycles. The number of hydrogen-bond donors (Lipinski definition) is 0. The van der Waals surface area contributed by atoms with Crippen LogP contribution in [0.3, 0.4) is 0 Å². The molecule has 0 amide bonds. The summed E-state index contributed by atoms with van der Waals surface area (Å²) in [4.78, 5) is 0. The van der Waals surface area contributed by atoms with Gasteiger partial charge in [-0.2, -0.15) is 104 Å². The zero-order chi connectivity index (χ0) is 38.7. The molecule has 5 aromatic carbocycles. The summed E-state index contributed by atoms with van der Waals surface area (Å²) in [6, 6.07) is 47.8. The molecular weight excluding hydrogens is 750 g/mol. The average molecular weight is 813 g/mol. The number of rotatable bonds is 9. The second-order valence-electron chi connectivity index (χ2n) is 16.5. The molecule has 0 aliphatic carbocycles. The molecule has 292 valence electrons. The molecule has 0 spiro atoms. The van der Waals surface area contributed by atoms with Crippen molar-refractivity contribution in [3.8, 4) is 11.5 Å². The van der Waals surface area contributed by atoms with Gasteiger partial charge in [0.25, 0.3) is 0 Å². The van der Waals surface area contributed by atoms with Crippen LogP contribution in [0.15, 0.2) is 121 Å². The monoisotopic (exact) mass is 812 g/mol. The van der Waals surface area contributed by atoms with Crippen molar-refractivity contribution in [3.63, 3.8) is 0 Å². The molecule has 0 aliphatic rings. The Morgan fingerprint density at radius 1 is 0.463 bits per heavy atom. The normalized spacial score (nSPS) is 11.4. The second kappa shape index (κ2) is 21.0. The van der Waals surface area contributed by atoms with Gasteiger partial charge in [-0.15, -0.1) is 23.1 Å². The SMILES string of the molecule is CC(C)(C)c1cc[c-]cc1.COc1ccc(C(C)(C)c2ccc([C-](C)C)cc2)cc1.C[C-](C)C(C)(C)c1ccc(OC(C)(C)c2cc[c-]cc2)cc1.[Co+2].[Co+2]. The molecule has 54 heavy (non-hydrogen) atoms. The topological polar surface area (TPSA) is 18.5 Å². The van der Waals surface area contributed by atoms with Crippen LogP contribution in [0.5, 0.6) is 11.5 Å². The summed E-state index contributed by atoms with van der Waals surface area (Å²) in [5.74, 6) is 4.54. The molecule has 4 heteroatoms. The molecule has 0 saturated heterocycles. The van der Waals surface area contributed by atoms with E-state index in [2.05, 4.69) is 175 Å². The minimum atomic E-state index is -0.362. The summed E-state index contributed by atoms with van der Waals surface area (Å²) in [5.41, 5.74) is 7.74. The molecule has 0 heterocycles.